The second-order valence-electron chi connectivity index (χ2n) is 11.5. The maximum atomic E-state index is 14.6. The van der Waals surface area contributed by atoms with E-state index in [-0.39, 0.29) is 41.4 Å². The molecule has 7 N–H and O–H groups in total. The maximum Gasteiger partial charge on any atom is 0.227 e. The molecule has 0 bridgehead atoms. The Bertz CT molecular complexity index is 666. The Labute approximate surface area is 216 Å². The highest BCUT2D eigenvalue weighted by Gasteiger charge is 2.42. The highest BCUT2D eigenvalue weighted by Crippen LogP contribution is 2.38. The Kier molecular flexibility index (Phi) is 11.0. The largest absolute Gasteiger partial charge is 0.350 e. The molecule has 8 nitrogen and oxygen atoms in total. The number of nitrogens with one attached hydrogen (secondary N) is 3. The van der Waals surface area contributed by atoms with Crippen molar-refractivity contribution < 1.29 is 9.18 Å². The van der Waals surface area contributed by atoms with Crippen LogP contribution in [0, 0.1) is 11.3 Å². The molecule has 6 unspecified atom stereocenters. The molecule has 0 aromatic heterocycles. The number of piperidine rings is 1. The summed E-state index contributed by atoms with van der Waals surface area (Å²) in [6.45, 7) is 9.80. The molecule has 0 aromatic carbocycles. The standard InChI is InChI=1S/C25H49ClFN7O/c1-4-5-7-25(2)8-6-17(27)14-31-19(13-25)21(23(28)29)24(35)32-20-16-30-15-18(26)22(20)34-11-9-33(3)10-12-34/h17-23,30-31H,4-16,28-29H2,1-3H3,(H,32,35)/t17?,18?,19?,20?,21?,22?,25-/m1/s1. The van der Waals surface area contributed by atoms with Gasteiger partial charge in [-0.3, -0.25) is 9.69 Å². The molecule has 3 fully saturated rings. The van der Waals surface area contributed by atoms with Gasteiger partial charge in [0.2, 0.25) is 5.91 Å². The van der Waals surface area contributed by atoms with Gasteiger partial charge in [-0.05, 0) is 38.1 Å². The van der Waals surface area contributed by atoms with Crippen molar-refractivity contribution in [2.24, 2.45) is 22.8 Å². The number of alkyl halides is 2. The first kappa shape index (κ1) is 29.0. The van der Waals surface area contributed by atoms with Gasteiger partial charge in [0.1, 0.15) is 6.17 Å². The minimum absolute atomic E-state index is 0.0422. The Morgan fingerprint density at radius 2 is 1.94 bits per heavy atom. The number of nitrogens with two attached hydrogens (primary N) is 2. The topological polar surface area (TPSA) is 112 Å². The van der Waals surface area contributed by atoms with E-state index in [0.29, 0.717) is 19.5 Å². The molecular formula is C25H49ClFN7O. The Morgan fingerprint density at radius 1 is 1.23 bits per heavy atom. The maximum absolute atomic E-state index is 14.6. The molecule has 0 saturated carbocycles. The minimum Gasteiger partial charge on any atom is -0.350 e. The molecular weight excluding hydrogens is 469 g/mol. The fraction of sp³-hybridized carbons (Fsp3) is 0.960. The van der Waals surface area contributed by atoms with Crippen molar-refractivity contribution >= 4 is 17.5 Å². The van der Waals surface area contributed by atoms with Gasteiger partial charge in [0.15, 0.2) is 0 Å². The SMILES string of the molecule is CCCC[C@]1(C)CCC(F)CNC(C(C(=O)NC2CNCC(Cl)C2N2CCN(C)CC2)C(N)N)C1. The molecule has 35 heavy (non-hydrogen) atoms. The fourth-order valence-electron chi connectivity index (χ4n) is 6.19. The monoisotopic (exact) mass is 517 g/mol. The number of carbonyl (C=O) groups excluding carboxylic acids is 1. The van der Waals surface area contributed by atoms with Gasteiger partial charge in [-0.15, -0.1) is 11.6 Å². The zero-order valence-corrected chi connectivity index (χ0v) is 22.7. The van der Waals surface area contributed by atoms with E-state index in [9.17, 15) is 9.18 Å². The van der Waals surface area contributed by atoms with Crippen molar-refractivity contribution in [1.29, 1.82) is 0 Å². The van der Waals surface area contributed by atoms with Crippen molar-refractivity contribution in [3.05, 3.63) is 0 Å². The second-order valence-corrected chi connectivity index (χ2v) is 12.1. The Hall–Kier alpha value is -0.550. The number of amides is 1. The second kappa shape index (κ2) is 13.3. The van der Waals surface area contributed by atoms with Crippen LogP contribution in [0.2, 0.25) is 0 Å². The van der Waals surface area contributed by atoms with E-state index in [1.54, 1.807) is 0 Å². The molecule has 3 saturated heterocycles. The Balaban J connectivity index is 1.75. The van der Waals surface area contributed by atoms with Crippen molar-refractivity contribution in [3.63, 3.8) is 0 Å². The number of hydrogen-bond acceptors (Lipinski definition) is 7. The summed E-state index contributed by atoms with van der Waals surface area (Å²) >= 11 is 6.79. The van der Waals surface area contributed by atoms with Gasteiger partial charge < -0.3 is 32.3 Å². The van der Waals surface area contributed by atoms with Gasteiger partial charge in [-0.2, -0.15) is 0 Å². The van der Waals surface area contributed by atoms with Crippen LogP contribution < -0.4 is 27.4 Å². The first-order chi connectivity index (χ1) is 16.6. The Morgan fingerprint density at radius 3 is 2.60 bits per heavy atom. The van der Waals surface area contributed by atoms with E-state index < -0.39 is 18.3 Å². The summed E-state index contributed by atoms with van der Waals surface area (Å²) in [6, 6.07) is -0.376. The summed E-state index contributed by atoms with van der Waals surface area (Å²) in [4.78, 5) is 18.5. The summed E-state index contributed by atoms with van der Waals surface area (Å²) < 4.78 is 14.6. The number of hydrogen-bond donors (Lipinski definition) is 5. The lowest BCUT2D eigenvalue weighted by Crippen LogP contribution is -2.68. The van der Waals surface area contributed by atoms with E-state index in [0.717, 1.165) is 58.3 Å². The molecule has 204 valence electrons. The van der Waals surface area contributed by atoms with Crippen LogP contribution in [0.3, 0.4) is 0 Å². The quantitative estimate of drug-likeness (QED) is 0.239. The van der Waals surface area contributed by atoms with Crippen LogP contribution in [-0.4, -0.2) is 104 Å². The fourth-order valence-corrected chi connectivity index (χ4v) is 6.63. The lowest BCUT2D eigenvalue weighted by atomic mass is 9.71. The molecule has 3 aliphatic heterocycles. The highest BCUT2D eigenvalue weighted by atomic mass is 35.5. The smallest absolute Gasteiger partial charge is 0.227 e. The number of likely N-dealkylation sites (N-methyl/N-ethyl adjacent to an activating group) is 1. The van der Waals surface area contributed by atoms with E-state index in [1.165, 1.54) is 0 Å². The summed E-state index contributed by atoms with van der Waals surface area (Å²) in [5.41, 5.74) is 12.4. The number of nitrogens with zero attached hydrogens (tertiary/aromatic N) is 2. The molecule has 0 aliphatic carbocycles. The first-order valence-corrected chi connectivity index (χ1v) is 14.0. The number of piperazine rings is 1. The molecule has 3 heterocycles. The van der Waals surface area contributed by atoms with Crippen LogP contribution in [0.4, 0.5) is 4.39 Å². The molecule has 3 rings (SSSR count). The minimum atomic E-state index is -0.933. The van der Waals surface area contributed by atoms with Crippen molar-refractivity contribution in [3.8, 4) is 0 Å². The average Bonchev–Trinajstić information content (AvgIpc) is 2.80. The van der Waals surface area contributed by atoms with Crippen molar-refractivity contribution in [1.82, 2.24) is 25.8 Å². The van der Waals surface area contributed by atoms with Gasteiger partial charge in [0.25, 0.3) is 0 Å². The zero-order chi connectivity index (χ0) is 25.6. The third kappa shape index (κ3) is 7.97. The van der Waals surface area contributed by atoms with Crippen LogP contribution in [0.5, 0.6) is 0 Å². The van der Waals surface area contributed by atoms with Crippen LogP contribution in [0.1, 0.15) is 52.4 Å². The molecule has 3 aliphatic rings. The van der Waals surface area contributed by atoms with Gasteiger partial charge >= 0.3 is 0 Å². The number of halogens is 2. The first-order valence-electron chi connectivity index (χ1n) is 13.6. The van der Waals surface area contributed by atoms with Crippen LogP contribution in [-0.2, 0) is 4.79 Å². The van der Waals surface area contributed by atoms with Crippen LogP contribution in [0.15, 0.2) is 0 Å². The van der Waals surface area contributed by atoms with E-state index in [2.05, 4.69) is 46.6 Å². The molecule has 10 heteroatoms. The van der Waals surface area contributed by atoms with E-state index in [1.807, 2.05) is 0 Å². The lowest BCUT2D eigenvalue weighted by molar-refractivity contribution is -0.128. The lowest BCUT2D eigenvalue weighted by Gasteiger charge is -2.46. The average molecular weight is 518 g/mol. The summed E-state index contributed by atoms with van der Waals surface area (Å²) in [7, 11) is 2.13. The van der Waals surface area contributed by atoms with Crippen LogP contribution in [0.25, 0.3) is 0 Å². The van der Waals surface area contributed by atoms with Gasteiger partial charge in [-0.1, -0.05) is 26.7 Å². The molecule has 7 atom stereocenters. The van der Waals surface area contributed by atoms with E-state index >= 15 is 0 Å². The molecule has 0 aromatic rings. The number of rotatable bonds is 8. The molecule has 1 amide bonds. The number of carbonyl (C=O) groups is 1. The molecule has 0 radical (unpaired) electrons. The van der Waals surface area contributed by atoms with Gasteiger partial charge in [0.05, 0.1) is 23.5 Å². The summed E-state index contributed by atoms with van der Waals surface area (Å²) in [6.07, 6.45) is 3.52. The van der Waals surface area contributed by atoms with Crippen molar-refractivity contribution in [2.45, 2.75) is 88.2 Å². The normalized spacial score (nSPS) is 37.0. The summed E-state index contributed by atoms with van der Waals surface area (Å²) in [5.74, 6) is -0.812. The zero-order valence-electron chi connectivity index (χ0n) is 21.9. The highest BCUT2D eigenvalue weighted by molar-refractivity contribution is 6.21. The molecule has 0 spiro atoms. The van der Waals surface area contributed by atoms with Gasteiger partial charge in [0, 0.05) is 57.9 Å². The third-order valence-corrected chi connectivity index (χ3v) is 8.85. The predicted octanol–water partition coefficient (Wildman–Crippen LogP) is 0.834. The van der Waals surface area contributed by atoms with Crippen molar-refractivity contribution in [2.75, 3.05) is 52.9 Å². The number of unbranched alkanes of at least 4 members (excludes halogenated alkanes) is 1. The van der Waals surface area contributed by atoms with Gasteiger partial charge in [-0.25, -0.2) is 4.39 Å². The predicted molar refractivity (Wildman–Crippen MR) is 141 cm³/mol. The summed E-state index contributed by atoms with van der Waals surface area (Å²) in [5, 5.41) is 9.87. The third-order valence-electron chi connectivity index (χ3n) is 8.43. The van der Waals surface area contributed by atoms with Crippen LogP contribution >= 0.6 is 11.6 Å². The van der Waals surface area contributed by atoms with E-state index in [4.69, 9.17) is 23.1 Å².